The van der Waals surface area contributed by atoms with Crippen LogP contribution < -0.4 is 16.2 Å². The number of nitrogen functional groups attached to an aromatic ring is 2. The van der Waals surface area contributed by atoms with E-state index in [0.717, 1.165) is 0 Å². The monoisotopic (exact) mass is 433 g/mol. The van der Waals surface area contributed by atoms with Gasteiger partial charge >= 0.3 is 0 Å². The quantitative estimate of drug-likeness (QED) is 0.347. The van der Waals surface area contributed by atoms with E-state index in [-0.39, 0.29) is 9.79 Å². The fraction of sp³-hybridized carbons (Fsp3) is 0.0455. The first-order valence-electron chi connectivity index (χ1n) is 9.24. The Kier molecular flexibility index (Phi) is 5.26. The molecular formula is C22H19N5O3S. The highest BCUT2D eigenvalue weighted by molar-refractivity contribution is 7.91. The standard InChI is InChI=1S/C22H19N5O3S/c1-30-20-13-19(24)21-18(3-2-12-25-21)22(20)27-26-15-6-10-17(11-7-15)31(28,29)16-8-4-14(23)5-9-16/h2-13H,23-24H2,1H3. The SMILES string of the molecule is COc1cc(N)c2ncccc2c1N=Nc1ccc(S(=O)(=O)c2ccc(N)cc2)cc1. The zero-order valence-electron chi connectivity index (χ0n) is 16.6. The van der Waals surface area contributed by atoms with Crippen molar-refractivity contribution < 1.29 is 13.2 Å². The number of fused-ring (bicyclic) bond motifs is 1. The highest BCUT2D eigenvalue weighted by atomic mass is 32.2. The number of benzene rings is 3. The van der Waals surface area contributed by atoms with Crippen molar-refractivity contribution in [3.05, 3.63) is 72.9 Å². The number of sulfone groups is 1. The number of ether oxygens (including phenoxy) is 1. The molecule has 0 radical (unpaired) electrons. The van der Waals surface area contributed by atoms with Crippen molar-refractivity contribution in [1.29, 1.82) is 0 Å². The molecule has 1 aromatic heterocycles. The molecule has 31 heavy (non-hydrogen) atoms. The topological polar surface area (TPSA) is 133 Å². The number of hydrogen-bond acceptors (Lipinski definition) is 8. The molecule has 0 bridgehead atoms. The van der Waals surface area contributed by atoms with Crippen LogP contribution in [0.3, 0.4) is 0 Å². The Balaban J connectivity index is 1.67. The van der Waals surface area contributed by atoms with Crippen LogP contribution in [0.1, 0.15) is 0 Å². The predicted octanol–water partition coefficient (Wildman–Crippen LogP) is 4.66. The molecule has 156 valence electrons. The van der Waals surface area contributed by atoms with Gasteiger partial charge < -0.3 is 16.2 Å². The van der Waals surface area contributed by atoms with Crippen LogP contribution in [0, 0.1) is 0 Å². The van der Waals surface area contributed by atoms with E-state index in [1.165, 1.54) is 31.4 Å². The Morgan fingerprint density at radius 3 is 2.19 bits per heavy atom. The Morgan fingerprint density at radius 2 is 1.55 bits per heavy atom. The summed E-state index contributed by atoms with van der Waals surface area (Å²) in [6.45, 7) is 0. The third-order valence-corrected chi connectivity index (χ3v) is 6.46. The lowest BCUT2D eigenvalue weighted by Crippen LogP contribution is -2.01. The van der Waals surface area contributed by atoms with Gasteiger partial charge in [0.2, 0.25) is 9.84 Å². The Labute approximate surface area is 179 Å². The zero-order chi connectivity index (χ0) is 22.0. The van der Waals surface area contributed by atoms with E-state index >= 15 is 0 Å². The second-order valence-electron chi connectivity index (χ2n) is 6.68. The van der Waals surface area contributed by atoms with Crippen molar-refractivity contribution >= 4 is 43.5 Å². The van der Waals surface area contributed by atoms with Gasteiger partial charge in [0.15, 0.2) is 0 Å². The highest BCUT2D eigenvalue weighted by Gasteiger charge is 2.17. The van der Waals surface area contributed by atoms with Gasteiger partial charge in [0.05, 0.1) is 33.8 Å². The number of methoxy groups -OCH3 is 1. The fourth-order valence-electron chi connectivity index (χ4n) is 3.08. The molecule has 4 aromatic rings. The van der Waals surface area contributed by atoms with Gasteiger partial charge in [-0.25, -0.2) is 8.42 Å². The van der Waals surface area contributed by atoms with Crippen molar-refractivity contribution in [3.8, 4) is 5.75 Å². The van der Waals surface area contributed by atoms with Crippen molar-refractivity contribution in [3.63, 3.8) is 0 Å². The molecule has 8 nitrogen and oxygen atoms in total. The number of nitrogens with zero attached hydrogens (tertiary/aromatic N) is 3. The van der Waals surface area contributed by atoms with Gasteiger partial charge in [-0.05, 0) is 60.7 Å². The summed E-state index contributed by atoms with van der Waals surface area (Å²) in [4.78, 5) is 4.61. The molecular weight excluding hydrogens is 414 g/mol. The van der Waals surface area contributed by atoms with Crippen molar-refractivity contribution in [2.24, 2.45) is 10.2 Å². The maximum absolute atomic E-state index is 12.8. The van der Waals surface area contributed by atoms with Crippen LogP contribution in [0.25, 0.3) is 10.9 Å². The molecule has 0 fully saturated rings. The molecule has 0 spiro atoms. The summed E-state index contributed by atoms with van der Waals surface area (Å²) >= 11 is 0. The van der Waals surface area contributed by atoms with E-state index in [1.807, 2.05) is 6.07 Å². The molecule has 0 saturated carbocycles. The summed E-state index contributed by atoms with van der Waals surface area (Å²) in [6, 6.07) is 17.4. The summed E-state index contributed by atoms with van der Waals surface area (Å²) in [7, 11) is -2.13. The summed E-state index contributed by atoms with van der Waals surface area (Å²) in [5, 5.41) is 9.25. The normalized spacial score (nSPS) is 11.8. The largest absolute Gasteiger partial charge is 0.494 e. The Hall–Kier alpha value is -3.98. The zero-order valence-corrected chi connectivity index (χ0v) is 17.4. The molecule has 0 amide bonds. The molecule has 4 rings (SSSR count). The number of nitrogens with two attached hydrogens (primary N) is 2. The lowest BCUT2D eigenvalue weighted by Gasteiger charge is -2.09. The minimum atomic E-state index is -3.65. The van der Waals surface area contributed by atoms with Gasteiger partial charge in [0, 0.05) is 23.3 Å². The van der Waals surface area contributed by atoms with Crippen molar-refractivity contribution in [1.82, 2.24) is 4.98 Å². The molecule has 0 unspecified atom stereocenters. The lowest BCUT2D eigenvalue weighted by molar-refractivity contribution is 0.416. The Morgan fingerprint density at radius 1 is 0.903 bits per heavy atom. The van der Waals surface area contributed by atoms with Crippen LogP contribution in [-0.4, -0.2) is 20.5 Å². The first kappa shape index (κ1) is 20.3. The lowest BCUT2D eigenvalue weighted by atomic mass is 10.1. The second-order valence-corrected chi connectivity index (χ2v) is 8.63. The summed E-state index contributed by atoms with van der Waals surface area (Å²) < 4.78 is 30.9. The van der Waals surface area contributed by atoms with E-state index in [9.17, 15) is 8.42 Å². The number of rotatable bonds is 5. The summed E-state index contributed by atoms with van der Waals surface area (Å²) in [5.74, 6) is 0.462. The Bertz CT molecular complexity index is 1380. The number of aromatic nitrogens is 1. The van der Waals surface area contributed by atoms with Crippen LogP contribution in [0.2, 0.25) is 0 Å². The fourth-order valence-corrected chi connectivity index (χ4v) is 4.34. The average Bonchev–Trinajstić information content (AvgIpc) is 2.79. The molecule has 9 heteroatoms. The van der Waals surface area contributed by atoms with Crippen molar-refractivity contribution in [2.45, 2.75) is 9.79 Å². The highest BCUT2D eigenvalue weighted by Crippen LogP contribution is 2.39. The van der Waals surface area contributed by atoms with Gasteiger partial charge in [-0.1, -0.05) is 0 Å². The van der Waals surface area contributed by atoms with Crippen LogP contribution in [0.15, 0.2) is 92.9 Å². The van der Waals surface area contributed by atoms with Crippen LogP contribution in [0.4, 0.5) is 22.7 Å². The number of anilines is 2. The molecule has 0 aliphatic carbocycles. The van der Waals surface area contributed by atoms with Gasteiger partial charge in [0.25, 0.3) is 0 Å². The molecule has 0 saturated heterocycles. The first-order valence-corrected chi connectivity index (χ1v) is 10.7. The third-order valence-electron chi connectivity index (χ3n) is 4.68. The molecule has 0 aliphatic rings. The molecule has 1 heterocycles. The molecule has 4 N–H and O–H groups in total. The predicted molar refractivity (Wildman–Crippen MR) is 120 cm³/mol. The smallest absolute Gasteiger partial charge is 0.206 e. The first-order chi connectivity index (χ1) is 14.9. The van der Waals surface area contributed by atoms with Gasteiger partial charge in [0.1, 0.15) is 11.4 Å². The minimum Gasteiger partial charge on any atom is -0.494 e. The number of azo groups is 1. The summed E-state index contributed by atoms with van der Waals surface area (Å²) in [5.41, 5.74) is 14.2. The van der Waals surface area contributed by atoms with Crippen LogP contribution >= 0.6 is 0 Å². The van der Waals surface area contributed by atoms with E-state index < -0.39 is 9.84 Å². The van der Waals surface area contributed by atoms with Gasteiger partial charge in [-0.2, -0.15) is 5.11 Å². The van der Waals surface area contributed by atoms with E-state index in [4.69, 9.17) is 16.2 Å². The second kappa shape index (κ2) is 8.04. The number of hydrogen-bond donors (Lipinski definition) is 2. The molecule has 3 aromatic carbocycles. The van der Waals surface area contributed by atoms with Crippen molar-refractivity contribution in [2.75, 3.05) is 18.6 Å². The van der Waals surface area contributed by atoms with E-state index in [0.29, 0.717) is 39.4 Å². The summed E-state index contributed by atoms with van der Waals surface area (Å²) in [6.07, 6.45) is 1.65. The van der Waals surface area contributed by atoms with E-state index in [1.54, 1.807) is 42.6 Å². The third kappa shape index (κ3) is 3.90. The van der Waals surface area contributed by atoms with E-state index in [2.05, 4.69) is 15.2 Å². The molecule has 0 atom stereocenters. The van der Waals surface area contributed by atoms with Gasteiger partial charge in [-0.15, -0.1) is 5.11 Å². The van der Waals surface area contributed by atoms with Crippen LogP contribution in [-0.2, 0) is 9.84 Å². The van der Waals surface area contributed by atoms with Gasteiger partial charge in [-0.3, -0.25) is 4.98 Å². The number of pyridine rings is 1. The maximum atomic E-state index is 12.8. The molecule has 0 aliphatic heterocycles. The van der Waals surface area contributed by atoms with Crippen LogP contribution in [0.5, 0.6) is 5.75 Å². The minimum absolute atomic E-state index is 0.149. The maximum Gasteiger partial charge on any atom is 0.206 e. The average molecular weight is 433 g/mol.